The SMILES string of the molecule is CCCCCOC(=O)c1c(O)c2ccc(Cl)cc2[nH]c1=O. The van der Waals surface area contributed by atoms with Crippen molar-refractivity contribution < 1.29 is 14.6 Å². The molecule has 0 amide bonds. The molecule has 112 valence electrons. The lowest BCUT2D eigenvalue weighted by molar-refractivity contribution is 0.0493. The van der Waals surface area contributed by atoms with Gasteiger partial charge in [0.1, 0.15) is 5.75 Å². The number of carbonyl (C=O) groups excluding carboxylic acids is 1. The third kappa shape index (κ3) is 3.36. The molecule has 0 unspecified atom stereocenters. The van der Waals surface area contributed by atoms with Crippen molar-refractivity contribution in [2.75, 3.05) is 6.61 Å². The monoisotopic (exact) mass is 309 g/mol. The lowest BCUT2D eigenvalue weighted by Crippen LogP contribution is -2.20. The average molecular weight is 310 g/mol. The first-order chi connectivity index (χ1) is 10.0. The van der Waals surface area contributed by atoms with E-state index in [9.17, 15) is 14.7 Å². The van der Waals surface area contributed by atoms with Crippen molar-refractivity contribution in [1.82, 2.24) is 4.98 Å². The third-order valence-corrected chi connectivity index (χ3v) is 3.37. The van der Waals surface area contributed by atoms with Gasteiger partial charge < -0.3 is 14.8 Å². The fourth-order valence-corrected chi connectivity index (χ4v) is 2.20. The van der Waals surface area contributed by atoms with E-state index in [0.717, 1.165) is 19.3 Å². The molecule has 0 spiro atoms. The van der Waals surface area contributed by atoms with Crippen molar-refractivity contribution in [3.8, 4) is 5.75 Å². The molecular weight excluding hydrogens is 294 g/mol. The molecule has 6 heteroatoms. The maximum absolute atomic E-state index is 11.9. The Balaban J connectivity index is 2.33. The zero-order valence-corrected chi connectivity index (χ0v) is 12.4. The highest BCUT2D eigenvalue weighted by Crippen LogP contribution is 2.27. The summed E-state index contributed by atoms with van der Waals surface area (Å²) in [4.78, 5) is 26.4. The predicted octanol–water partition coefficient (Wildman–Crippen LogP) is 3.23. The van der Waals surface area contributed by atoms with Gasteiger partial charge in [-0.1, -0.05) is 31.4 Å². The van der Waals surface area contributed by atoms with E-state index in [-0.39, 0.29) is 17.9 Å². The largest absolute Gasteiger partial charge is 0.506 e. The van der Waals surface area contributed by atoms with Crippen molar-refractivity contribution in [2.45, 2.75) is 26.2 Å². The number of pyridine rings is 1. The normalized spacial score (nSPS) is 10.8. The minimum absolute atomic E-state index is 0.226. The van der Waals surface area contributed by atoms with Gasteiger partial charge in [-0.05, 0) is 24.6 Å². The van der Waals surface area contributed by atoms with Crippen LogP contribution in [0.2, 0.25) is 5.02 Å². The number of nitrogens with one attached hydrogen (secondary N) is 1. The maximum atomic E-state index is 11.9. The number of halogens is 1. The minimum atomic E-state index is -0.818. The molecule has 0 aliphatic heterocycles. The number of rotatable bonds is 5. The van der Waals surface area contributed by atoms with Gasteiger partial charge in [0.15, 0.2) is 5.56 Å². The molecule has 0 saturated heterocycles. The first-order valence-electron chi connectivity index (χ1n) is 6.76. The van der Waals surface area contributed by atoms with Crippen LogP contribution < -0.4 is 5.56 Å². The van der Waals surface area contributed by atoms with Crippen molar-refractivity contribution in [3.63, 3.8) is 0 Å². The summed E-state index contributed by atoms with van der Waals surface area (Å²) in [7, 11) is 0. The number of hydrogen-bond acceptors (Lipinski definition) is 4. The Hall–Kier alpha value is -2.01. The average Bonchev–Trinajstić information content (AvgIpc) is 2.43. The smallest absolute Gasteiger partial charge is 0.347 e. The summed E-state index contributed by atoms with van der Waals surface area (Å²) in [6.07, 6.45) is 2.66. The highest BCUT2D eigenvalue weighted by atomic mass is 35.5. The van der Waals surface area contributed by atoms with Crippen LogP contribution in [0.25, 0.3) is 10.9 Å². The van der Waals surface area contributed by atoms with Gasteiger partial charge in [-0.2, -0.15) is 0 Å². The number of ether oxygens (including phenoxy) is 1. The summed E-state index contributed by atoms with van der Waals surface area (Å²) in [5, 5.41) is 10.9. The number of aromatic nitrogens is 1. The molecule has 0 bridgehead atoms. The Morgan fingerprint density at radius 3 is 2.86 bits per heavy atom. The first-order valence-corrected chi connectivity index (χ1v) is 7.14. The second-order valence-electron chi connectivity index (χ2n) is 4.71. The van der Waals surface area contributed by atoms with E-state index < -0.39 is 11.5 Å². The van der Waals surface area contributed by atoms with Crippen LogP contribution in [0, 0.1) is 0 Å². The van der Waals surface area contributed by atoms with Crippen molar-refractivity contribution in [2.24, 2.45) is 0 Å². The van der Waals surface area contributed by atoms with Crippen LogP contribution in [-0.4, -0.2) is 22.7 Å². The van der Waals surface area contributed by atoms with E-state index in [2.05, 4.69) is 4.98 Å². The number of hydrogen-bond donors (Lipinski definition) is 2. The van der Waals surface area contributed by atoms with Crippen LogP contribution in [0.1, 0.15) is 36.5 Å². The molecule has 2 N–H and O–H groups in total. The Morgan fingerprint density at radius 2 is 2.14 bits per heavy atom. The van der Waals surface area contributed by atoms with Gasteiger partial charge >= 0.3 is 5.97 Å². The van der Waals surface area contributed by atoms with Crippen molar-refractivity contribution in [3.05, 3.63) is 39.1 Å². The summed E-state index contributed by atoms with van der Waals surface area (Å²) < 4.78 is 5.02. The summed E-state index contributed by atoms with van der Waals surface area (Å²) in [6.45, 7) is 2.26. The van der Waals surface area contributed by atoms with E-state index in [1.54, 1.807) is 6.07 Å². The van der Waals surface area contributed by atoms with Crippen LogP contribution in [0.15, 0.2) is 23.0 Å². The van der Waals surface area contributed by atoms with Gasteiger partial charge in [0.05, 0.1) is 12.1 Å². The van der Waals surface area contributed by atoms with Gasteiger partial charge in [-0.15, -0.1) is 0 Å². The Bertz CT molecular complexity index is 723. The van der Waals surface area contributed by atoms with Crippen LogP contribution in [-0.2, 0) is 4.74 Å². The lowest BCUT2D eigenvalue weighted by Gasteiger charge is -2.08. The van der Waals surface area contributed by atoms with Crippen LogP contribution in [0.3, 0.4) is 0 Å². The molecule has 0 aliphatic rings. The second-order valence-corrected chi connectivity index (χ2v) is 5.15. The molecule has 0 aliphatic carbocycles. The molecule has 2 aromatic rings. The van der Waals surface area contributed by atoms with Crippen LogP contribution in [0.4, 0.5) is 0 Å². The lowest BCUT2D eigenvalue weighted by atomic mass is 10.1. The number of benzene rings is 1. The van der Waals surface area contributed by atoms with Crippen molar-refractivity contribution >= 4 is 28.5 Å². The highest BCUT2D eigenvalue weighted by Gasteiger charge is 2.20. The Morgan fingerprint density at radius 1 is 1.38 bits per heavy atom. The number of carbonyl (C=O) groups is 1. The Labute approximate surface area is 126 Å². The molecule has 5 nitrogen and oxygen atoms in total. The van der Waals surface area contributed by atoms with Gasteiger partial charge in [-0.3, -0.25) is 4.79 Å². The molecule has 1 aromatic carbocycles. The summed E-state index contributed by atoms with van der Waals surface area (Å²) in [5.41, 5.74) is -0.698. The summed E-state index contributed by atoms with van der Waals surface area (Å²) >= 11 is 5.83. The van der Waals surface area contributed by atoms with Crippen LogP contribution >= 0.6 is 11.6 Å². The fourth-order valence-electron chi connectivity index (χ4n) is 2.03. The fraction of sp³-hybridized carbons (Fsp3) is 0.333. The number of unbranched alkanes of at least 4 members (excludes halogenated alkanes) is 2. The molecule has 0 radical (unpaired) electrons. The molecule has 0 saturated carbocycles. The number of aromatic amines is 1. The topological polar surface area (TPSA) is 79.4 Å². The van der Waals surface area contributed by atoms with Gasteiger partial charge in [0.2, 0.25) is 0 Å². The standard InChI is InChI=1S/C15H16ClNO4/c1-2-3-4-7-21-15(20)12-13(18)10-6-5-9(16)8-11(10)17-14(12)19/h5-6,8H,2-4,7H2,1H3,(H2,17,18,19). The molecule has 1 heterocycles. The summed E-state index contributed by atoms with van der Waals surface area (Å²) in [5.74, 6) is -1.20. The van der Waals surface area contributed by atoms with Crippen LogP contribution in [0.5, 0.6) is 5.75 Å². The van der Waals surface area contributed by atoms with E-state index in [0.29, 0.717) is 15.9 Å². The molecular formula is C15H16ClNO4. The molecule has 0 atom stereocenters. The summed E-state index contributed by atoms with van der Waals surface area (Å²) in [6, 6.07) is 4.61. The molecule has 1 aromatic heterocycles. The van der Waals surface area contributed by atoms with Gasteiger partial charge in [-0.25, -0.2) is 4.79 Å². The quantitative estimate of drug-likeness (QED) is 0.656. The number of fused-ring (bicyclic) bond motifs is 1. The second kappa shape index (κ2) is 6.63. The molecule has 2 rings (SSSR count). The first kappa shape index (κ1) is 15.4. The number of esters is 1. The van der Waals surface area contributed by atoms with Gasteiger partial charge in [0.25, 0.3) is 5.56 Å². The third-order valence-electron chi connectivity index (χ3n) is 3.13. The Kier molecular flexibility index (Phi) is 4.85. The van der Waals surface area contributed by atoms with E-state index in [1.165, 1.54) is 12.1 Å². The zero-order valence-electron chi connectivity index (χ0n) is 11.6. The molecule has 0 fully saturated rings. The number of aromatic hydroxyl groups is 1. The van der Waals surface area contributed by atoms with E-state index >= 15 is 0 Å². The maximum Gasteiger partial charge on any atom is 0.347 e. The number of H-pyrrole nitrogens is 1. The van der Waals surface area contributed by atoms with Crippen molar-refractivity contribution in [1.29, 1.82) is 0 Å². The zero-order chi connectivity index (χ0) is 15.4. The van der Waals surface area contributed by atoms with E-state index in [1.807, 2.05) is 6.92 Å². The van der Waals surface area contributed by atoms with Gasteiger partial charge in [0, 0.05) is 10.4 Å². The highest BCUT2D eigenvalue weighted by molar-refractivity contribution is 6.31. The molecule has 21 heavy (non-hydrogen) atoms. The van der Waals surface area contributed by atoms with E-state index in [4.69, 9.17) is 16.3 Å². The predicted molar refractivity (Wildman–Crippen MR) is 81.1 cm³/mol. The minimum Gasteiger partial charge on any atom is -0.506 e.